The molecule has 24 heavy (non-hydrogen) atoms. The number of aliphatic hydroxyl groups is 1. The van der Waals surface area contributed by atoms with E-state index in [9.17, 15) is 19.5 Å². The highest BCUT2D eigenvalue weighted by Crippen LogP contribution is 2.58. The van der Waals surface area contributed by atoms with E-state index in [2.05, 4.69) is 6.58 Å². The molecule has 4 rings (SSSR count). The van der Waals surface area contributed by atoms with E-state index >= 15 is 0 Å². The van der Waals surface area contributed by atoms with Gasteiger partial charge in [0.25, 0.3) is 0 Å². The summed E-state index contributed by atoms with van der Waals surface area (Å²) in [6.07, 6.45) is 2.20. The topological polar surface area (TPSA) is 80.7 Å². The van der Waals surface area contributed by atoms with Gasteiger partial charge in [-0.05, 0) is 32.3 Å². The Balaban J connectivity index is 1.83. The molecule has 0 aromatic carbocycles. The lowest BCUT2D eigenvalue weighted by atomic mass is 9.61. The maximum atomic E-state index is 13.1. The van der Waals surface area contributed by atoms with Crippen LogP contribution in [0.1, 0.15) is 33.1 Å². The van der Waals surface area contributed by atoms with Crippen LogP contribution >= 0.6 is 0 Å². The van der Waals surface area contributed by atoms with Crippen LogP contribution in [0.15, 0.2) is 23.8 Å². The Bertz CT molecular complexity index is 701. The van der Waals surface area contributed by atoms with Crippen LogP contribution in [0.2, 0.25) is 0 Å². The van der Waals surface area contributed by atoms with Gasteiger partial charge in [0.05, 0.1) is 17.4 Å². The Morgan fingerprint density at radius 3 is 2.75 bits per heavy atom. The van der Waals surface area contributed by atoms with Crippen LogP contribution in [0.4, 0.5) is 0 Å². The van der Waals surface area contributed by atoms with Gasteiger partial charge in [0, 0.05) is 30.3 Å². The first-order valence-electron chi connectivity index (χ1n) is 8.57. The highest BCUT2D eigenvalue weighted by Gasteiger charge is 2.67. The quantitative estimate of drug-likeness (QED) is 0.583. The van der Waals surface area contributed by atoms with E-state index in [4.69, 9.17) is 4.74 Å². The first kappa shape index (κ1) is 15.8. The molecule has 128 valence electrons. The van der Waals surface area contributed by atoms with E-state index < -0.39 is 23.5 Å². The predicted octanol–water partition coefficient (Wildman–Crippen LogP) is 1.60. The third-order valence-corrected chi connectivity index (χ3v) is 6.45. The molecule has 0 radical (unpaired) electrons. The minimum atomic E-state index is -1.19. The third-order valence-electron chi connectivity index (χ3n) is 6.45. The lowest BCUT2D eigenvalue weighted by Crippen LogP contribution is -2.48. The van der Waals surface area contributed by atoms with Crippen molar-refractivity contribution in [2.45, 2.75) is 44.8 Å². The third kappa shape index (κ3) is 2.00. The lowest BCUT2D eigenvalue weighted by Gasteiger charge is -2.39. The van der Waals surface area contributed by atoms with E-state index in [1.807, 2.05) is 6.92 Å². The average Bonchev–Trinajstić information content (AvgIpc) is 2.81. The van der Waals surface area contributed by atoms with E-state index in [0.717, 1.165) is 5.57 Å². The zero-order valence-electron chi connectivity index (χ0n) is 14.0. The Labute approximate surface area is 140 Å². The summed E-state index contributed by atoms with van der Waals surface area (Å²) in [6.45, 7) is 7.48. The average molecular weight is 330 g/mol. The molecule has 1 heterocycles. The number of Topliss-reactive ketones (excluding diaryl/α,β-unsaturated/α-hetero) is 1. The molecule has 0 amide bonds. The molecular weight excluding hydrogens is 308 g/mol. The number of allylic oxidation sites excluding steroid dienone is 3. The minimum absolute atomic E-state index is 0.0330. The van der Waals surface area contributed by atoms with Gasteiger partial charge >= 0.3 is 5.97 Å². The van der Waals surface area contributed by atoms with Gasteiger partial charge in [-0.1, -0.05) is 12.2 Å². The van der Waals surface area contributed by atoms with Gasteiger partial charge in [0.1, 0.15) is 6.10 Å². The van der Waals surface area contributed by atoms with Crippen molar-refractivity contribution in [1.82, 2.24) is 0 Å². The maximum absolute atomic E-state index is 13.1. The zero-order chi connectivity index (χ0) is 17.4. The largest absolute Gasteiger partial charge is 0.462 e. The van der Waals surface area contributed by atoms with Gasteiger partial charge in [-0.2, -0.15) is 0 Å². The van der Waals surface area contributed by atoms with Crippen molar-refractivity contribution in [3.63, 3.8) is 0 Å². The highest BCUT2D eigenvalue weighted by atomic mass is 16.6. The number of hydrogen-bond acceptors (Lipinski definition) is 5. The Morgan fingerprint density at radius 2 is 2.08 bits per heavy atom. The second kappa shape index (κ2) is 4.88. The van der Waals surface area contributed by atoms with Gasteiger partial charge < -0.3 is 9.84 Å². The van der Waals surface area contributed by atoms with Crippen molar-refractivity contribution >= 4 is 17.5 Å². The fraction of sp³-hybridized carbons (Fsp3) is 0.632. The van der Waals surface area contributed by atoms with E-state index in [-0.39, 0.29) is 41.7 Å². The van der Waals surface area contributed by atoms with Crippen molar-refractivity contribution in [1.29, 1.82) is 0 Å². The summed E-state index contributed by atoms with van der Waals surface area (Å²) in [4.78, 5) is 37.9. The Morgan fingerprint density at radius 1 is 1.38 bits per heavy atom. The van der Waals surface area contributed by atoms with Gasteiger partial charge in [0.15, 0.2) is 11.6 Å². The predicted molar refractivity (Wildman–Crippen MR) is 84.7 cm³/mol. The standard InChI is InChI=1S/C19H22O5/c1-8(2)9-4-10(20)6-12-11(5-9)14-15-13(24-18(14)22)7-19(3,23)16(15)17(12)21/h6,9,11,13-16,23H,1,4-5,7H2,2-3H3/t9-,11+,13-,14+,15+,16+,19+/m0/s1. The number of carbonyl (C=O) groups excluding carboxylic acids is 3. The Kier molecular flexibility index (Phi) is 3.21. The second-order valence-corrected chi connectivity index (χ2v) is 8.14. The molecule has 1 aliphatic heterocycles. The highest BCUT2D eigenvalue weighted by molar-refractivity contribution is 6.07. The number of rotatable bonds is 1. The number of ketones is 2. The van der Waals surface area contributed by atoms with Crippen LogP contribution in [0.25, 0.3) is 0 Å². The van der Waals surface area contributed by atoms with Gasteiger partial charge in [-0.15, -0.1) is 0 Å². The molecule has 4 aliphatic rings. The van der Waals surface area contributed by atoms with Gasteiger partial charge in [-0.3, -0.25) is 14.4 Å². The molecule has 3 fully saturated rings. The summed E-state index contributed by atoms with van der Waals surface area (Å²) in [5.74, 6) is -2.28. The molecule has 0 spiro atoms. The first-order chi connectivity index (χ1) is 11.2. The zero-order valence-corrected chi connectivity index (χ0v) is 14.0. The molecule has 0 aromatic heterocycles. The van der Waals surface area contributed by atoms with Crippen LogP contribution in [0.3, 0.4) is 0 Å². The molecule has 1 N–H and O–H groups in total. The molecule has 0 aromatic rings. The fourth-order valence-electron chi connectivity index (χ4n) is 5.38. The number of ether oxygens (including phenoxy) is 1. The Hall–Kier alpha value is -1.75. The van der Waals surface area contributed by atoms with Crippen LogP contribution in [-0.4, -0.2) is 34.3 Å². The summed E-state index contributed by atoms with van der Waals surface area (Å²) in [7, 11) is 0. The molecule has 5 heteroatoms. The summed E-state index contributed by atoms with van der Waals surface area (Å²) >= 11 is 0. The second-order valence-electron chi connectivity index (χ2n) is 8.14. The summed E-state index contributed by atoms with van der Waals surface area (Å²) < 4.78 is 5.51. The first-order valence-corrected chi connectivity index (χ1v) is 8.57. The SMILES string of the molecule is C=C(C)[C@H]1CC(=O)C=C2C(=O)[C@H]3[C@H]4[C@H](C(=O)O[C@H]4C[C@@]3(C)O)[C@@H]2C1. The lowest BCUT2D eigenvalue weighted by molar-refractivity contribution is -0.149. The molecule has 0 unspecified atom stereocenters. The molecule has 1 saturated heterocycles. The van der Waals surface area contributed by atoms with Gasteiger partial charge in [0.2, 0.25) is 0 Å². The summed E-state index contributed by atoms with van der Waals surface area (Å²) in [6, 6.07) is 0. The van der Waals surface area contributed by atoms with Crippen molar-refractivity contribution in [3.05, 3.63) is 23.8 Å². The monoisotopic (exact) mass is 330 g/mol. The molecule has 0 bridgehead atoms. The number of esters is 1. The van der Waals surface area contributed by atoms with E-state index in [1.165, 1.54) is 6.08 Å². The fourth-order valence-corrected chi connectivity index (χ4v) is 5.38. The molecular formula is C19H22O5. The summed E-state index contributed by atoms with van der Waals surface area (Å²) in [5, 5.41) is 10.7. The van der Waals surface area contributed by atoms with E-state index in [1.54, 1.807) is 6.92 Å². The van der Waals surface area contributed by atoms with Crippen LogP contribution in [-0.2, 0) is 19.1 Å². The normalized spacial score (nSPS) is 46.8. The summed E-state index contributed by atoms with van der Waals surface area (Å²) in [5.41, 5.74) is 0.115. The van der Waals surface area contributed by atoms with Crippen LogP contribution < -0.4 is 0 Å². The van der Waals surface area contributed by atoms with Crippen LogP contribution in [0, 0.1) is 29.6 Å². The van der Waals surface area contributed by atoms with Crippen molar-refractivity contribution < 1.29 is 24.2 Å². The molecule has 2 saturated carbocycles. The molecule has 5 nitrogen and oxygen atoms in total. The molecule has 3 aliphatic carbocycles. The van der Waals surface area contributed by atoms with Gasteiger partial charge in [-0.25, -0.2) is 0 Å². The number of fused-ring (bicyclic) bond motifs is 2. The number of hydrogen-bond donors (Lipinski definition) is 1. The van der Waals surface area contributed by atoms with Crippen molar-refractivity contribution in [3.8, 4) is 0 Å². The van der Waals surface area contributed by atoms with Crippen molar-refractivity contribution in [2.24, 2.45) is 29.6 Å². The smallest absolute Gasteiger partial charge is 0.310 e. The van der Waals surface area contributed by atoms with Crippen LogP contribution in [0.5, 0.6) is 0 Å². The number of carbonyl (C=O) groups is 3. The van der Waals surface area contributed by atoms with E-state index in [0.29, 0.717) is 18.4 Å². The molecule has 7 atom stereocenters. The van der Waals surface area contributed by atoms with Crippen molar-refractivity contribution in [2.75, 3.05) is 0 Å². The maximum Gasteiger partial charge on any atom is 0.310 e. The minimum Gasteiger partial charge on any atom is -0.462 e.